The third-order valence-corrected chi connectivity index (χ3v) is 8.55. The molecule has 1 aliphatic heterocycles. The monoisotopic (exact) mass is 634 g/mol. The van der Waals surface area contributed by atoms with Crippen molar-refractivity contribution in [3.05, 3.63) is 48.0 Å². The van der Waals surface area contributed by atoms with Gasteiger partial charge in [-0.2, -0.15) is 54.3 Å². The summed E-state index contributed by atoms with van der Waals surface area (Å²) in [7, 11) is -3.89. The van der Waals surface area contributed by atoms with Gasteiger partial charge in [0.1, 0.15) is 15.9 Å². The number of halogens is 6. The third-order valence-electron chi connectivity index (χ3n) is 6.08. The molecule has 0 amide bonds. The summed E-state index contributed by atoms with van der Waals surface area (Å²) in [6.07, 6.45) is -8.76. The van der Waals surface area contributed by atoms with Gasteiger partial charge < -0.3 is 15.4 Å². The SMILES string of the molecule is O=S(=O)(c1cccc2nsnc12)N1CCC(Nc2nc(Nc3cccc(C(F)(F)F)c3)nc(OCC(F)(F)F)n2)CC1. The summed E-state index contributed by atoms with van der Waals surface area (Å²) in [5.74, 6) is -0.578. The second-order valence-corrected chi connectivity index (χ2v) is 11.5. The first-order chi connectivity index (χ1) is 19.8. The Labute approximate surface area is 238 Å². The van der Waals surface area contributed by atoms with Gasteiger partial charge in [0, 0.05) is 24.8 Å². The normalized spacial score (nSPS) is 15.6. The van der Waals surface area contributed by atoms with Crippen LogP contribution in [0.5, 0.6) is 6.01 Å². The van der Waals surface area contributed by atoms with E-state index in [2.05, 4.69) is 39.1 Å². The van der Waals surface area contributed by atoms with Crippen LogP contribution < -0.4 is 15.4 Å². The molecule has 3 heterocycles. The maximum Gasteiger partial charge on any atom is 0.422 e. The zero-order chi connectivity index (χ0) is 30.1. The molecule has 2 N–H and O–H groups in total. The van der Waals surface area contributed by atoms with Gasteiger partial charge in [0.2, 0.25) is 21.9 Å². The van der Waals surface area contributed by atoms with Gasteiger partial charge in [-0.3, -0.25) is 0 Å². The van der Waals surface area contributed by atoms with E-state index in [1.165, 1.54) is 16.4 Å². The summed E-state index contributed by atoms with van der Waals surface area (Å²) in [5.41, 5.74) is -0.296. The molecule has 0 radical (unpaired) electrons. The first-order valence-corrected chi connectivity index (χ1v) is 14.3. The summed E-state index contributed by atoms with van der Waals surface area (Å²) in [6.45, 7) is -1.51. The number of benzene rings is 2. The Bertz CT molecular complexity index is 1670. The molecule has 1 fully saturated rings. The number of aromatic nitrogens is 5. The Hall–Kier alpha value is -3.84. The van der Waals surface area contributed by atoms with Crippen LogP contribution >= 0.6 is 11.7 Å². The molecule has 19 heteroatoms. The summed E-state index contributed by atoms with van der Waals surface area (Å²) in [5, 5.41) is 5.46. The molecule has 1 aliphatic rings. The van der Waals surface area contributed by atoms with Crippen LogP contribution in [0, 0.1) is 0 Å². The van der Waals surface area contributed by atoms with Crippen LogP contribution in [0.3, 0.4) is 0 Å². The summed E-state index contributed by atoms with van der Waals surface area (Å²) < 4.78 is 118. The molecule has 0 aliphatic carbocycles. The van der Waals surface area contributed by atoms with Gasteiger partial charge in [-0.25, -0.2) is 8.42 Å². The smallest absolute Gasteiger partial charge is 0.422 e. The van der Waals surface area contributed by atoms with Crippen LogP contribution in [0.1, 0.15) is 18.4 Å². The largest absolute Gasteiger partial charge is 0.454 e. The molecule has 224 valence electrons. The van der Waals surface area contributed by atoms with Crippen LogP contribution in [-0.2, 0) is 16.2 Å². The number of nitrogens with zero attached hydrogens (tertiary/aromatic N) is 6. The molecule has 0 unspecified atom stereocenters. The quantitative estimate of drug-likeness (QED) is 0.259. The minimum Gasteiger partial charge on any atom is -0.454 e. The molecule has 1 saturated heterocycles. The molecule has 2 aromatic heterocycles. The summed E-state index contributed by atoms with van der Waals surface area (Å²) in [6, 6.07) is 7.64. The van der Waals surface area contributed by atoms with Crippen molar-refractivity contribution in [1.82, 2.24) is 28.0 Å². The van der Waals surface area contributed by atoms with E-state index in [1.807, 2.05) is 0 Å². The minimum atomic E-state index is -4.70. The molecule has 0 saturated carbocycles. The minimum absolute atomic E-state index is 0.0365. The number of piperidine rings is 1. The third kappa shape index (κ3) is 6.96. The maximum absolute atomic E-state index is 13.3. The predicted molar refractivity (Wildman–Crippen MR) is 139 cm³/mol. The molecular weight excluding hydrogens is 614 g/mol. The zero-order valence-corrected chi connectivity index (χ0v) is 22.8. The lowest BCUT2D eigenvalue weighted by atomic mass is 10.1. The number of anilines is 3. The Morgan fingerprint density at radius 2 is 1.67 bits per heavy atom. The van der Waals surface area contributed by atoms with Gasteiger partial charge in [-0.15, -0.1) is 0 Å². The van der Waals surface area contributed by atoms with Gasteiger partial charge in [-0.05, 0) is 43.2 Å². The van der Waals surface area contributed by atoms with Crippen LogP contribution in [0.25, 0.3) is 11.0 Å². The van der Waals surface area contributed by atoms with Crippen molar-refractivity contribution >= 4 is 50.4 Å². The zero-order valence-electron chi connectivity index (χ0n) is 21.1. The van der Waals surface area contributed by atoms with Gasteiger partial charge in [0.05, 0.1) is 17.3 Å². The molecular formula is C23H20F6N8O3S2. The molecule has 5 rings (SSSR count). The van der Waals surface area contributed by atoms with Crippen molar-refractivity contribution in [1.29, 1.82) is 0 Å². The molecule has 4 aromatic rings. The second kappa shape index (κ2) is 11.4. The first-order valence-electron chi connectivity index (χ1n) is 12.2. The second-order valence-electron chi connectivity index (χ2n) is 9.08. The van der Waals surface area contributed by atoms with Gasteiger partial charge in [-0.1, -0.05) is 12.1 Å². The van der Waals surface area contributed by atoms with Crippen molar-refractivity contribution in [2.75, 3.05) is 30.3 Å². The van der Waals surface area contributed by atoms with Crippen molar-refractivity contribution in [3.63, 3.8) is 0 Å². The topological polar surface area (TPSA) is 135 Å². The summed E-state index contributed by atoms with van der Waals surface area (Å²) in [4.78, 5) is 11.7. The number of fused-ring (bicyclic) bond motifs is 1. The highest BCUT2D eigenvalue weighted by Crippen LogP contribution is 2.32. The van der Waals surface area contributed by atoms with E-state index in [0.717, 1.165) is 29.9 Å². The fourth-order valence-electron chi connectivity index (χ4n) is 4.14. The Morgan fingerprint density at radius 3 is 2.38 bits per heavy atom. The highest BCUT2D eigenvalue weighted by Gasteiger charge is 2.33. The average molecular weight is 635 g/mol. The fraction of sp³-hybridized carbons (Fsp3) is 0.348. The average Bonchev–Trinajstić information content (AvgIpc) is 3.41. The van der Waals surface area contributed by atoms with Gasteiger partial charge in [0.15, 0.2) is 6.61 Å². The van der Waals surface area contributed by atoms with Crippen LogP contribution in [-0.4, -0.2) is 68.3 Å². The Kier molecular flexibility index (Phi) is 8.08. The van der Waals surface area contributed by atoms with Crippen molar-refractivity contribution < 1.29 is 39.5 Å². The highest BCUT2D eigenvalue weighted by molar-refractivity contribution is 7.89. The number of ether oxygens (including phenoxy) is 1. The van der Waals surface area contributed by atoms with Crippen LogP contribution in [0.2, 0.25) is 0 Å². The van der Waals surface area contributed by atoms with E-state index in [0.29, 0.717) is 5.52 Å². The summed E-state index contributed by atoms with van der Waals surface area (Å²) >= 11 is 0.901. The van der Waals surface area contributed by atoms with E-state index in [1.54, 1.807) is 12.1 Å². The standard InChI is InChI=1S/C23H20F6N8O3S2/c24-22(25,26)12-40-21-33-19(32-20(34-21)31-15-4-1-3-13(11-15)23(27,28)29)30-14-7-9-37(10-8-14)42(38,39)17-6-2-5-16-18(17)36-41-35-16/h1-6,11,14H,7-10,12H2,(H2,30,31,32,33,34). The number of nitrogens with one attached hydrogen (secondary N) is 2. The Morgan fingerprint density at radius 1 is 0.952 bits per heavy atom. The number of sulfonamides is 1. The molecule has 2 aromatic carbocycles. The lowest BCUT2D eigenvalue weighted by Gasteiger charge is -2.31. The highest BCUT2D eigenvalue weighted by atomic mass is 32.2. The number of hydrogen-bond acceptors (Lipinski definition) is 11. The van der Waals surface area contributed by atoms with Crippen molar-refractivity contribution in [2.45, 2.75) is 36.1 Å². The molecule has 0 bridgehead atoms. The number of hydrogen-bond donors (Lipinski definition) is 2. The Balaban J connectivity index is 1.31. The lowest BCUT2D eigenvalue weighted by molar-refractivity contribution is -0.154. The van der Waals surface area contributed by atoms with Crippen molar-refractivity contribution in [2.24, 2.45) is 0 Å². The van der Waals surface area contributed by atoms with Gasteiger partial charge in [0.25, 0.3) is 0 Å². The van der Waals surface area contributed by atoms with Gasteiger partial charge >= 0.3 is 18.4 Å². The maximum atomic E-state index is 13.3. The van der Waals surface area contributed by atoms with Crippen LogP contribution in [0.15, 0.2) is 47.4 Å². The van der Waals surface area contributed by atoms with E-state index >= 15 is 0 Å². The van der Waals surface area contributed by atoms with E-state index < -0.39 is 46.6 Å². The number of rotatable bonds is 8. The molecule has 0 atom stereocenters. The van der Waals surface area contributed by atoms with E-state index in [4.69, 9.17) is 0 Å². The van der Waals surface area contributed by atoms with Crippen LogP contribution in [0.4, 0.5) is 43.9 Å². The lowest BCUT2D eigenvalue weighted by Crippen LogP contribution is -2.42. The number of alkyl halides is 6. The predicted octanol–water partition coefficient (Wildman–Crippen LogP) is 4.85. The molecule has 42 heavy (non-hydrogen) atoms. The fourth-order valence-corrected chi connectivity index (χ4v) is 6.36. The van der Waals surface area contributed by atoms with E-state index in [-0.39, 0.29) is 53.9 Å². The molecule has 11 nitrogen and oxygen atoms in total. The first kappa shape index (κ1) is 29.6. The molecule has 0 spiro atoms. The van der Waals surface area contributed by atoms with Crippen molar-refractivity contribution in [3.8, 4) is 6.01 Å². The van der Waals surface area contributed by atoms with E-state index in [9.17, 15) is 34.8 Å².